The average molecular weight is 451 g/mol. The van der Waals surface area contributed by atoms with Crippen LogP contribution in [0.5, 0.6) is 0 Å². The summed E-state index contributed by atoms with van der Waals surface area (Å²) in [5.74, 6) is -0.375. The Bertz CT molecular complexity index is 1340. The molecule has 8 nitrogen and oxygen atoms in total. The number of amides is 1. The van der Waals surface area contributed by atoms with Crippen LogP contribution in [-0.4, -0.2) is 54.2 Å². The minimum Gasteiger partial charge on any atom is -0.444 e. The summed E-state index contributed by atoms with van der Waals surface area (Å²) in [7, 11) is 1.85. The van der Waals surface area contributed by atoms with Gasteiger partial charge in [-0.2, -0.15) is 10.2 Å². The second-order valence-corrected chi connectivity index (χ2v) is 9.61. The van der Waals surface area contributed by atoms with Crippen molar-refractivity contribution in [2.24, 2.45) is 7.05 Å². The highest BCUT2D eigenvalue weighted by Gasteiger charge is 2.28. The molecule has 5 rings (SSSR count). The second kappa shape index (κ2) is 7.83. The molecule has 1 aliphatic rings. The van der Waals surface area contributed by atoms with E-state index in [1.165, 1.54) is 6.07 Å². The Kier molecular flexibility index (Phi) is 5.07. The van der Waals surface area contributed by atoms with Crippen molar-refractivity contribution in [3.05, 3.63) is 42.5 Å². The molecule has 9 heteroatoms. The molecule has 4 aromatic rings. The summed E-state index contributed by atoms with van der Waals surface area (Å²) < 4.78 is 24.0. The van der Waals surface area contributed by atoms with Crippen LogP contribution in [-0.2, 0) is 11.8 Å². The van der Waals surface area contributed by atoms with Gasteiger partial charge in [0.2, 0.25) is 0 Å². The lowest BCUT2D eigenvalue weighted by atomic mass is 10.1. The summed E-state index contributed by atoms with van der Waals surface area (Å²) in [6, 6.07) is 7.25. The van der Waals surface area contributed by atoms with Gasteiger partial charge in [0, 0.05) is 37.3 Å². The van der Waals surface area contributed by atoms with Gasteiger partial charge in [-0.15, -0.1) is 0 Å². The summed E-state index contributed by atoms with van der Waals surface area (Å²) in [5, 5.41) is 9.59. The molecule has 0 atom stereocenters. The summed E-state index contributed by atoms with van der Waals surface area (Å²) in [4.78, 5) is 18.7. The number of nitrogens with zero attached hydrogens (tertiary/aromatic N) is 6. The van der Waals surface area contributed by atoms with Crippen molar-refractivity contribution in [1.29, 1.82) is 0 Å². The number of ether oxygens (including phenoxy) is 1. The van der Waals surface area contributed by atoms with Gasteiger partial charge < -0.3 is 9.64 Å². The fraction of sp³-hybridized carbons (Fsp3) is 0.417. The number of hydrogen-bond donors (Lipinski definition) is 0. The van der Waals surface area contributed by atoms with Gasteiger partial charge >= 0.3 is 6.09 Å². The van der Waals surface area contributed by atoms with Gasteiger partial charge in [0.15, 0.2) is 5.82 Å². The molecule has 4 heterocycles. The Morgan fingerprint density at radius 1 is 1.09 bits per heavy atom. The fourth-order valence-corrected chi connectivity index (χ4v) is 4.27. The molecule has 0 N–H and O–H groups in total. The van der Waals surface area contributed by atoms with Crippen LogP contribution < -0.4 is 0 Å². The topological polar surface area (TPSA) is 78.1 Å². The van der Waals surface area contributed by atoms with E-state index in [1.807, 2.05) is 63.1 Å². The van der Waals surface area contributed by atoms with Crippen molar-refractivity contribution in [2.75, 3.05) is 13.1 Å². The smallest absolute Gasteiger partial charge is 0.410 e. The molecule has 0 unspecified atom stereocenters. The van der Waals surface area contributed by atoms with Gasteiger partial charge in [0.05, 0.1) is 17.9 Å². The molecular formula is C24H27FN6O2. The lowest BCUT2D eigenvalue weighted by molar-refractivity contribution is 0.0185. The molecule has 1 saturated heterocycles. The summed E-state index contributed by atoms with van der Waals surface area (Å²) in [6.07, 6.45) is 4.91. The molecule has 1 aliphatic heterocycles. The molecule has 172 valence electrons. The molecule has 1 amide bonds. The molecule has 1 fully saturated rings. The lowest BCUT2D eigenvalue weighted by Gasteiger charge is -2.33. The second-order valence-electron chi connectivity index (χ2n) is 9.61. The highest BCUT2D eigenvalue weighted by Crippen LogP contribution is 2.30. The van der Waals surface area contributed by atoms with Crippen LogP contribution in [0.2, 0.25) is 0 Å². The monoisotopic (exact) mass is 450 g/mol. The maximum absolute atomic E-state index is 15.0. The largest absolute Gasteiger partial charge is 0.444 e. The number of carbonyl (C=O) groups excluding carboxylic acids is 1. The minimum absolute atomic E-state index is 0.101. The predicted octanol–water partition coefficient (Wildman–Crippen LogP) is 4.70. The van der Waals surface area contributed by atoms with Crippen LogP contribution in [0.4, 0.5) is 9.18 Å². The summed E-state index contributed by atoms with van der Waals surface area (Å²) in [6.45, 7) is 6.75. The standard InChI is InChI=1S/C24H27FN6O2/c1-24(2,3)33-23(32)30-9-7-17(8-10-30)31-13-16-11-15(12-18(25)22(16)28-31)19-5-6-20-21(26-19)14-29(4)27-20/h5-6,11-14,17H,7-10H2,1-4H3. The van der Waals surface area contributed by atoms with Crippen LogP contribution in [0, 0.1) is 5.82 Å². The number of fused-ring (bicyclic) bond motifs is 2. The van der Waals surface area contributed by atoms with E-state index in [1.54, 1.807) is 9.58 Å². The zero-order valence-corrected chi connectivity index (χ0v) is 19.2. The lowest BCUT2D eigenvalue weighted by Crippen LogP contribution is -2.42. The first kappa shape index (κ1) is 21.4. The van der Waals surface area contributed by atoms with E-state index in [-0.39, 0.29) is 18.0 Å². The van der Waals surface area contributed by atoms with Gasteiger partial charge in [-0.05, 0) is 57.9 Å². The van der Waals surface area contributed by atoms with Crippen LogP contribution in [0.15, 0.2) is 36.7 Å². The van der Waals surface area contributed by atoms with Crippen LogP contribution in [0.1, 0.15) is 39.7 Å². The number of likely N-dealkylation sites (tertiary alicyclic amines) is 1. The number of carbonyl (C=O) groups is 1. The number of halogens is 1. The first-order chi connectivity index (χ1) is 15.7. The van der Waals surface area contributed by atoms with E-state index in [0.29, 0.717) is 29.9 Å². The van der Waals surface area contributed by atoms with Crippen molar-refractivity contribution < 1.29 is 13.9 Å². The number of pyridine rings is 1. The quantitative estimate of drug-likeness (QED) is 0.443. The maximum atomic E-state index is 15.0. The molecule has 3 aromatic heterocycles. The van der Waals surface area contributed by atoms with E-state index < -0.39 is 5.60 Å². The third-order valence-corrected chi connectivity index (χ3v) is 5.84. The number of piperidine rings is 1. The van der Waals surface area contributed by atoms with Gasteiger partial charge in [-0.25, -0.2) is 14.2 Å². The Morgan fingerprint density at radius 3 is 2.58 bits per heavy atom. The summed E-state index contributed by atoms with van der Waals surface area (Å²) >= 11 is 0. The molecular weight excluding hydrogens is 423 g/mol. The van der Waals surface area contributed by atoms with E-state index in [4.69, 9.17) is 4.74 Å². The van der Waals surface area contributed by atoms with Gasteiger partial charge in [0.1, 0.15) is 22.2 Å². The number of aryl methyl sites for hydroxylation is 1. The molecule has 0 saturated carbocycles. The van der Waals surface area contributed by atoms with E-state index >= 15 is 0 Å². The maximum Gasteiger partial charge on any atom is 0.410 e. The van der Waals surface area contributed by atoms with Crippen LogP contribution >= 0.6 is 0 Å². The number of hydrogen-bond acceptors (Lipinski definition) is 5. The van der Waals surface area contributed by atoms with Crippen molar-refractivity contribution in [1.82, 2.24) is 29.4 Å². The Hall–Kier alpha value is -3.49. The zero-order valence-electron chi connectivity index (χ0n) is 19.2. The summed E-state index contributed by atoms with van der Waals surface area (Å²) in [5.41, 5.74) is 2.78. The van der Waals surface area contributed by atoms with Crippen LogP contribution in [0.3, 0.4) is 0 Å². The van der Waals surface area contributed by atoms with Gasteiger partial charge in [0.25, 0.3) is 0 Å². The highest BCUT2D eigenvalue weighted by molar-refractivity contribution is 5.85. The molecule has 0 bridgehead atoms. The van der Waals surface area contributed by atoms with E-state index in [2.05, 4.69) is 15.2 Å². The van der Waals surface area contributed by atoms with E-state index in [9.17, 15) is 9.18 Å². The normalized spacial score (nSPS) is 15.5. The molecule has 33 heavy (non-hydrogen) atoms. The molecule has 1 aromatic carbocycles. The average Bonchev–Trinajstić information content (AvgIpc) is 3.35. The molecule has 0 aliphatic carbocycles. The minimum atomic E-state index is -0.515. The first-order valence-electron chi connectivity index (χ1n) is 11.1. The Labute approximate surface area is 190 Å². The number of benzene rings is 1. The van der Waals surface area contributed by atoms with Crippen molar-refractivity contribution in [3.8, 4) is 11.3 Å². The van der Waals surface area contributed by atoms with Crippen LogP contribution in [0.25, 0.3) is 33.2 Å². The third kappa shape index (κ3) is 4.27. The zero-order chi connectivity index (χ0) is 23.3. The Balaban J connectivity index is 1.37. The van der Waals surface area contributed by atoms with Crippen molar-refractivity contribution in [3.63, 3.8) is 0 Å². The SMILES string of the molecule is Cn1cc2nc(-c3cc(F)c4nn(C5CCN(C(=O)OC(C)(C)C)CC5)cc4c3)ccc2n1. The number of rotatable bonds is 2. The first-order valence-corrected chi connectivity index (χ1v) is 11.1. The Morgan fingerprint density at radius 2 is 1.85 bits per heavy atom. The molecule has 0 radical (unpaired) electrons. The predicted molar refractivity (Wildman–Crippen MR) is 123 cm³/mol. The van der Waals surface area contributed by atoms with E-state index in [0.717, 1.165) is 29.3 Å². The third-order valence-electron chi connectivity index (χ3n) is 5.84. The van der Waals surface area contributed by atoms with Gasteiger partial charge in [-0.3, -0.25) is 9.36 Å². The molecule has 0 spiro atoms. The van der Waals surface area contributed by atoms with Crippen molar-refractivity contribution >= 4 is 28.0 Å². The fourth-order valence-electron chi connectivity index (χ4n) is 4.27. The van der Waals surface area contributed by atoms with Gasteiger partial charge in [-0.1, -0.05) is 0 Å². The highest BCUT2D eigenvalue weighted by atomic mass is 19.1. The van der Waals surface area contributed by atoms with Crippen molar-refractivity contribution in [2.45, 2.75) is 45.3 Å². The number of aromatic nitrogens is 5.